The normalized spacial score (nSPS) is 27.4. The summed E-state index contributed by atoms with van der Waals surface area (Å²) < 4.78 is 0. The van der Waals surface area contributed by atoms with E-state index >= 15 is 0 Å². The van der Waals surface area contributed by atoms with E-state index in [1.165, 1.54) is 6.08 Å². The Kier molecular flexibility index (Phi) is 4.08. The lowest BCUT2D eigenvalue weighted by Gasteiger charge is -2.15. The van der Waals surface area contributed by atoms with Gasteiger partial charge in [0.25, 0.3) is 0 Å². The molecule has 3 N–H and O–H groups in total. The van der Waals surface area contributed by atoms with Gasteiger partial charge >= 0.3 is 5.97 Å². The van der Waals surface area contributed by atoms with Crippen molar-refractivity contribution in [3.63, 3.8) is 0 Å². The van der Waals surface area contributed by atoms with Crippen LogP contribution in [0.2, 0.25) is 0 Å². The molecule has 1 amide bonds. The zero-order valence-corrected chi connectivity index (χ0v) is 10.7. The Morgan fingerprint density at radius 3 is 2.89 bits per heavy atom. The summed E-state index contributed by atoms with van der Waals surface area (Å²) in [6, 6.07) is -0.239. The molecule has 0 bridgehead atoms. The van der Waals surface area contributed by atoms with Gasteiger partial charge in [-0.25, -0.2) is 4.79 Å². The van der Waals surface area contributed by atoms with Gasteiger partial charge in [0.2, 0.25) is 5.91 Å². The molecule has 0 spiro atoms. The Bertz CT molecular complexity index is 431. The number of carbonyl (C=O) groups excluding carboxylic acids is 1. The van der Waals surface area contributed by atoms with E-state index in [1.54, 1.807) is 0 Å². The van der Waals surface area contributed by atoms with Gasteiger partial charge < -0.3 is 15.7 Å². The van der Waals surface area contributed by atoms with E-state index in [0.717, 1.165) is 6.54 Å². The molecular weight excluding hydrogens is 252 g/mol. The summed E-state index contributed by atoms with van der Waals surface area (Å²) in [6.07, 6.45) is 5.21. The van der Waals surface area contributed by atoms with Crippen LogP contribution in [0, 0.1) is 0 Å². The molecular formula is C12H16N2O3S. The fraction of sp³-hybridized carbons (Fsp3) is 0.500. The van der Waals surface area contributed by atoms with Gasteiger partial charge in [-0.05, 0) is 25.3 Å². The van der Waals surface area contributed by atoms with E-state index < -0.39 is 5.97 Å². The predicted molar refractivity (Wildman–Crippen MR) is 70.4 cm³/mol. The monoisotopic (exact) mass is 268 g/mol. The van der Waals surface area contributed by atoms with Crippen LogP contribution < -0.4 is 10.6 Å². The zero-order valence-electron chi connectivity index (χ0n) is 9.85. The molecule has 1 aliphatic heterocycles. The Morgan fingerprint density at radius 2 is 2.28 bits per heavy atom. The van der Waals surface area contributed by atoms with E-state index in [9.17, 15) is 9.59 Å². The fourth-order valence-electron chi connectivity index (χ4n) is 2.10. The number of hydrogen-bond acceptors (Lipinski definition) is 4. The summed E-state index contributed by atoms with van der Waals surface area (Å²) in [4.78, 5) is 22.8. The third-order valence-electron chi connectivity index (χ3n) is 3.07. The summed E-state index contributed by atoms with van der Waals surface area (Å²) in [6.45, 7) is 0.719. The second kappa shape index (κ2) is 5.58. The Labute approximate surface area is 111 Å². The number of amides is 1. The molecule has 2 aliphatic rings. The number of aliphatic carboxylic acids is 1. The minimum Gasteiger partial charge on any atom is -0.478 e. The number of thiol groups is 1. The second-order valence-electron chi connectivity index (χ2n) is 4.51. The molecule has 0 aromatic rings. The first-order chi connectivity index (χ1) is 8.56. The highest BCUT2D eigenvalue weighted by Gasteiger charge is 2.27. The standard InChI is InChI=1S/C12H16N2O3S/c15-11(10-5-9(18)6-13-10)14-8-3-1-2-7(4-8)12(16)17/h3-4,9-10,13,18H,1-2,5-6H2,(H,14,15)(H,16,17)/t9-,10-/m0/s1. The van der Waals surface area contributed by atoms with Gasteiger partial charge in [0.05, 0.1) is 6.04 Å². The zero-order chi connectivity index (χ0) is 13.1. The first kappa shape index (κ1) is 13.2. The molecule has 0 radical (unpaired) electrons. The largest absolute Gasteiger partial charge is 0.478 e. The van der Waals surface area contributed by atoms with Gasteiger partial charge in [0.1, 0.15) is 0 Å². The quantitative estimate of drug-likeness (QED) is 0.561. The second-order valence-corrected chi connectivity index (χ2v) is 5.24. The first-order valence-corrected chi connectivity index (χ1v) is 6.44. The highest BCUT2D eigenvalue weighted by atomic mass is 32.1. The number of allylic oxidation sites excluding steroid dienone is 2. The number of nitrogens with one attached hydrogen (secondary N) is 2. The maximum absolute atomic E-state index is 11.9. The van der Waals surface area contributed by atoms with Gasteiger partial charge in [-0.15, -0.1) is 0 Å². The molecule has 18 heavy (non-hydrogen) atoms. The van der Waals surface area contributed by atoms with Crippen LogP contribution in [0.1, 0.15) is 19.3 Å². The van der Waals surface area contributed by atoms with E-state index in [-0.39, 0.29) is 17.2 Å². The maximum atomic E-state index is 11.9. The molecule has 1 heterocycles. The van der Waals surface area contributed by atoms with Gasteiger partial charge in [-0.3, -0.25) is 4.79 Å². The van der Waals surface area contributed by atoms with Crippen molar-refractivity contribution in [1.29, 1.82) is 0 Å². The molecule has 98 valence electrons. The number of carbonyl (C=O) groups is 2. The molecule has 0 saturated carbocycles. The summed E-state index contributed by atoms with van der Waals surface area (Å²) in [5.41, 5.74) is 0.910. The van der Waals surface area contributed by atoms with Gasteiger partial charge in [0, 0.05) is 23.1 Å². The Morgan fingerprint density at radius 1 is 1.50 bits per heavy atom. The highest BCUT2D eigenvalue weighted by molar-refractivity contribution is 7.81. The van der Waals surface area contributed by atoms with E-state index in [4.69, 9.17) is 5.11 Å². The van der Waals surface area contributed by atoms with Crippen molar-refractivity contribution >= 4 is 24.5 Å². The highest BCUT2D eigenvalue weighted by Crippen LogP contribution is 2.17. The predicted octanol–water partition coefficient (Wildman–Crippen LogP) is 0.452. The van der Waals surface area contributed by atoms with Gasteiger partial charge in [-0.2, -0.15) is 12.6 Å². The minimum absolute atomic E-state index is 0.124. The fourth-order valence-corrected chi connectivity index (χ4v) is 2.42. The summed E-state index contributed by atoms with van der Waals surface area (Å²) in [5.74, 6) is -1.05. The van der Waals surface area contributed by atoms with E-state index in [2.05, 4.69) is 23.3 Å². The number of rotatable bonds is 3. The van der Waals surface area contributed by atoms with Crippen molar-refractivity contribution in [3.8, 4) is 0 Å². The van der Waals surface area contributed by atoms with Crippen LogP contribution >= 0.6 is 12.6 Å². The van der Waals surface area contributed by atoms with Crippen molar-refractivity contribution in [3.05, 3.63) is 23.4 Å². The van der Waals surface area contributed by atoms with Crippen LogP contribution in [0.3, 0.4) is 0 Å². The molecule has 0 unspecified atom stereocenters. The molecule has 0 aromatic carbocycles. The molecule has 2 rings (SSSR count). The molecule has 1 fully saturated rings. The lowest BCUT2D eigenvalue weighted by molar-refractivity contribution is -0.132. The molecule has 5 nitrogen and oxygen atoms in total. The van der Waals surface area contributed by atoms with Crippen molar-refractivity contribution in [1.82, 2.24) is 10.6 Å². The van der Waals surface area contributed by atoms with Crippen molar-refractivity contribution in [2.45, 2.75) is 30.6 Å². The topological polar surface area (TPSA) is 78.4 Å². The van der Waals surface area contributed by atoms with Crippen LogP contribution in [0.25, 0.3) is 0 Å². The summed E-state index contributed by atoms with van der Waals surface area (Å²) >= 11 is 4.31. The summed E-state index contributed by atoms with van der Waals surface area (Å²) in [7, 11) is 0. The lowest BCUT2D eigenvalue weighted by Crippen LogP contribution is -2.40. The Hall–Kier alpha value is -1.27. The average molecular weight is 268 g/mol. The van der Waals surface area contributed by atoms with Crippen molar-refractivity contribution in [2.24, 2.45) is 0 Å². The summed E-state index contributed by atoms with van der Waals surface area (Å²) in [5, 5.41) is 14.9. The average Bonchev–Trinajstić information content (AvgIpc) is 2.76. The molecule has 1 saturated heterocycles. The Balaban J connectivity index is 1.95. The van der Waals surface area contributed by atoms with Crippen LogP contribution in [0.15, 0.2) is 23.4 Å². The van der Waals surface area contributed by atoms with E-state index in [0.29, 0.717) is 30.5 Å². The van der Waals surface area contributed by atoms with Gasteiger partial charge in [-0.1, -0.05) is 6.08 Å². The molecule has 0 aromatic heterocycles. The number of carboxylic acid groups (broad SMARTS) is 1. The van der Waals surface area contributed by atoms with Crippen LogP contribution in [-0.4, -0.2) is 34.8 Å². The molecule has 1 aliphatic carbocycles. The SMILES string of the molecule is O=C(O)C1=CC(NC(=O)[C@@H]2C[C@H](S)CN2)=CCC1. The number of hydrogen-bond donors (Lipinski definition) is 4. The first-order valence-electron chi connectivity index (χ1n) is 5.92. The van der Waals surface area contributed by atoms with Crippen molar-refractivity contribution in [2.75, 3.05) is 6.54 Å². The van der Waals surface area contributed by atoms with Gasteiger partial charge in [0.15, 0.2) is 0 Å². The van der Waals surface area contributed by atoms with Crippen molar-refractivity contribution < 1.29 is 14.7 Å². The van der Waals surface area contributed by atoms with Crippen LogP contribution in [0.5, 0.6) is 0 Å². The lowest BCUT2D eigenvalue weighted by atomic mass is 10.0. The van der Waals surface area contributed by atoms with Crippen LogP contribution in [0.4, 0.5) is 0 Å². The smallest absolute Gasteiger partial charge is 0.331 e. The van der Waals surface area contributed by atoms with Crippen LogP contribution in [-0.2, 0) is 9.59 Å². The van der Waals surface area contributed by atoms with E-state index in [1.807, 2.05) is 6.08 Å². The minimum atomic E-state index is -0.927. The maximum Gasteiger partial charge on any atom is 0.331 e. The number of carboxylic acids is 1. The third-order valence-corrected chi connectivity index (χ3v) is 3.47. The molecule has 2 atom stereocenters. The molecule has 6 heteroatoms. The third kappa shape index (κ3) is 3.14.